The van der Waals surface area contributed by atoms with E-state index in [-0.39, 0.29) is 11.7 Å². The van der Waals surface area contributed by atoms with Crippen LogP contribution in [0.25, 0.3) is 11.6 Å². The molecule has 0 atom stereocenters. The number of carbonyl (C=O) groups excluding carboxylic acids is 1. The lowest BCUT2D eigenvalue weighted by Crippen LogP contribution is -2.16. The van der Waals surface area contributed by atoms with Crippen LogP contribution in [0.2, 0.25) is 0 Å². The van der Waals surface area contributed by atoms with Crippen molar-refractivity contribution in [2.24, 2.45) is 5.92 Å². The van der Waals surface area contributed by atoms with Crippen LogP contribution in [0.15, 0.2) is 46.2 Å². The van der Waals surface area contributed by atoms with Gasteiger partial charge >= 0.3 is 0 Å². The number of aromatic nitrogens is 3. The summed E-state index contributed by atoms with van der Waals surface area (Å²) in [5.41, 5.74) is 3.01. The van der Waals surface area contributed by atoms with Crippen LogP contribution in [0.1, 0.15) is 25.0 Å². The number of nitrogens with zero attached hydrogens (tertiary/aromatic N) is 3. The van der Waals surface area contributed by atoms with Gasteiger partial charge in [-0.1, -0.05) is 37.7 Å². The predicted molar refractivity (Wildman–Crippen MR) is 108 cm³/mol. The SMILES string of the molecule is Cc1ccc(C)c(NC(=O)CSc2nnc(-c3ccco3)n2CC(C)C)c1. The summed E-state index contributed by atoms with van der Waals surface area (Å²) in [6.45, 7) is 9.01. The normalized spacial score (nSPS) is 11.1. The third-order valence-electron chi connectivity index (χ3n) is 4.01. The fraction of sp³-hybridized carbons (Fsp3) is 0.350. The molecule has 0 aliphatic rings. The van der Waals surface area contributed by atoms with Crippen molar-refractivity contribution in [3.63, 3.8) is 0 Å². The van der Waals surface area contributed by atoms with Crippen LogP contribution in [-0.2, 0) is 11.3 Å². The number of aryl methyl sites for hydroxylation is 2. The van der Waals surface area contributed by atoms with Crippen LogP contribution in [0.4, 0.5) is 5.69 Å². The van der Waals surface area contributed by atoms with Gasteiger partial charge in [0, 0.05) is 12.2 Å². The summed E-state index contributed by atoms with van der Waals surface area (Å²) in [5.74, 6) is 1.98. The standard InChI is InChI=1S/C20H24N4O2S/c1-13(2)11-24-19(17-6-5-9-26-17)22-23-20(24)27-12-18(25)21-16-10-14(3)7-8-15(16)4/h5-10,13H,11-12H2,1-4H3,(H,21,25). The molecule has 0 saturated heterocycles. The van der Waals surface area contributed by atoms with Crippen molar-refractivity contribution < 1.29 is 9.21 Å². The maximum Gasteiger partial charge on any atom is 0.234 e. The van der Waals surface area contributed by atoms with Crippen molar-refractivity contribution >= 4 is 23.4 Å². The van der Waals surface area contributed by atoms with Gasteiger partial charge in [0.15, 0.2) is 16.7 Å². The molecule has 0 aliphatic heterocycles. The van der Waals surface area contributed by atoms with Gasteiger partial charge in [-0.3, -0.25) is 9.36 Å². The smallest absolute Gasteiger partial charge is 0.234 e. The Bertz CT molecular complexity index is 916. The summed E-state index contributed by atoms with van der Waals surface area (Å²) < 4.78 is 7.49. The maximum absolute atomic E-state index is 12.4. The van der Waals surface area contributed by atoms with E-state index in [1.54, 1.807) is 6.26 Å². The van der Waals surface area contributed by atoms with E-state index < -0.39 is 0 Å². The highest BCUT2D eigenvalue weighted by atomic mass is 32.2. The zero-order chi connectivity index (χ0) is 19.4. The molecule has 0 radical (unpaired) electrons. The number of furan rings is 1. The number of nitrogens with one attached hydrogen (secondary N) is 1. The van der Waals surface area contributed by atoms with Crippen LogP contribution in [0, 0.1) is 19.8 Å². The summed E-state index contributed by atoms with van der Waals surface area (Å²) in [7, 11) is 0. The minimum atomic E-state index is -0.0626. The summed E-state index contributed by atoms with van der Waals surface area (Å²) in [5, 5.41) is 12.2. The van der Waals surface area contributed by atoms with Crippen molar-refractivity contribution in [1.82, 2.24) is 14.8 Å². The Morgan fingerprint density at radius 1 is 1.26 bits per heavy atom. The van der Waals surface area contributed by atoms with Gasteiger partial charge in [0.1, 0.15) is 0 Å². The fourth-order valence-electron chi connectivity index (χ4n) is 2.70. The van der Waals surface area contributed by atoms with Crippen LogP contribution < -0.4 is 5.32 Å². The van der Waals surface area contributed by atoms with E-state index in [1.807, 2.05) is 48.7 Å². The van der Waals surface area contributed by atoms with Crippen molar-refractivity contribution in [3.8, 4) is 11.6 Å². The minimum absolute atomic E-state index is 0.0626. The Labute approximate surface area is 163 Å². The number of hydrogen-bond acceptors (Lipinski definition) is 5. The summed E-state index contributed by atoms with van der Waals surface area (Å²) in [6.07, 6.45) is 1.62. The van der Waals surface area contributed by atoms with Gasteiger partial charge < -0.3 is 9.73 Å². The molecular formula is C20H24N4O2S. The van der Waals surface area contributed by atoms with Gasteiger partial charge in [-0.05, 0) is 49.1 Å². The van der Waals surface area contributed by atoms with Crippen molar-refractivity contribution in [2.75, 3.05) is 11.1 Å². The molecule has 3 rings (SSSR count). The quantitative estimate of drug-likeness (QED) is 0.605. The average molecular weight is 385 g/mol. The zero-order valence-electron chi connectivity index (χ0n) is 16.0. The molecule has 2 aromatic heterocycles. The molecule has 0 fully saturated rings. The number of rotatable bonds is 7. The lowest BCUT2D eigenvalue weighted by Gasteiger charge is -2.12. The number of thioether (sulfide) groups is 1. The molecular weight excluding hydrogens is 360 g/mol. The Kier molecular flexibility index (Phi) is 6.01. The molecule has 0 aliphatic carbocycles. The summed E-state index contributed by atoms with van der Waals surface area (Å²) in [6, 6.07) is 9.71. The third kappa shape index (κ3) is 4.80. The third-order valence-corrected chi connectivity index (χ3v) is 4.97. The van der Waals surface area contributed by atoms with Crippen LogP contribution in [0.5, 0.6) is 0 Å². The second kappa shape index (κ2) is 8.43. The van der Waals surface area contributed by atoms with Gasteiger partial charge in [-0.15, -0.1) is 10.2 Å². The first-order valence-electron chi connectivity index (χ1n) is 8.91. The molecule has 6 nitrogen and oxygen atoms in total. The molecule has 0 unspecified atom stereocenters. The van der Waals surface area contributed by atoms with Crippen LogP contribution in [0.3, 0.4) is 0 Å². The second-order valence-electron chi connectivity index (χ2n) is 6.94. The maximum atomic E-state index is 12.4. The van der Waals surface area contributed by atoms with E-state index in [0.29, 0.717) is 22.7 Å². The Balaban J connectivity index is 1.72. The van der Waals surface area contributed by atoms with E-state index in [1.165, 1.54) is 11.8 Å². The first-order valence-corrected chi connectivity index (χ1v) is 9.89. The topological polar surface area (TPSA) is 73.0 Å². The number of hydrogen-bond donors (Lipinski definition) is 1. The number of anilines is 1. The molecule has 7 heteroatoms. The molecule has 0 saturated carbocycles. The van der Waals surface area contributed by atoms with Crippen LogP contribution in [-0.4, -0.2) is 26.4 Å². The fourth-order valence-corrected chi connectivity index (χ4v) is 3.45. The number of amides is 1. The molecule has 3 aromatic rings. The average Bonchev–Trinajstić information content (AvgIpc) is 3.26. The first kappa shape index (κ1) is 19.2. The van der Waals surface area contributed by atoms with Crippen LogP contribution >= 0.6 is 11.8 Å². The molecule has 0 spiro atoms. The van der Waals surface area contributed by atoms with Gasteiger partial charge in [0.2, 0.25) is 5.91 Å². The van der Waals surface area contributed by atoms with Crippen molar-refractivity contribution in [3.05, 3.63) is 47.7 Å². The van der Waals surface area contributed by atoms with E-state index in [4.69, 9.17) is 4.42 Å². The van der Waals surface area contributed by atoms with Gasteiger partial charge in [0.25, 0.3) is 0 Å². The highest BCUT2D eigenvalue weighted by molar-refractivity contribution is 7.99. The van der Waals surface area contributed by atoms with Gasteiger partial charge in [0.05, 0.1) is 12.0 Å². The molecule has 27 heavy (non-hydrogen) atoms. The van der Waals surface area contributed by atoms with E-state index in [0.717, 1.165) is 23.4 Å². The Hall–Kier alpha value is -2.54. The van der Waals surface area contributed by atoms with E-state index >= 15 is 0 Å². The molecule has 142 valence electrons. The largest absolute Gasteiger partial charge is 0.461 e. The van der Waals surface area contributed by atoms with Crippen molar-refractivity contribution in [1.29, 1.82) is 0 Å². The predicted octanol–water partition coefficient (Wildman–Crippen LogP) is 4.54. The molecule has 1 N–H and O–H groups in total. The monoisotopic (exact) mass is 384 g/mol. The Morgan fingerprint density at radius 2 is 2.07 bits per heavy atom. The van der Waals surface area contributed by atoms with E-state index in [9.17, 15) is 4.79 Å². The first-order chi connectivity index (χ1) is 12.9. The highest BCUT2D eigenvalue weighted by Crippen LogP contribution is 2.26. The van der Waals surface area contributed by atoms with Gasteiger partial charge in [-0.2, -0.15) is 0 Å². The second-order valence-corrected chi connectivity index (χ2v) is 7.89. The molecule has 1 amide bonds. The highest BCUT2D eigenvalue weighted by Gasteiger charge is 2.18. The number of carbonyl (C=O) groups is 1. The van der Waals surface area contributed by atoms with E-state index in [2.05, 4.69) is 29.4 Å². The minimum Gasteiger partial charge on any atom is -0.461 e. The summed E-state index contributed by atoms with van der Waals surface area (Å²) in [4.78, 5) is 12.4. The van der Waals surface area contributed by atoms with Crippen molar-refractivity contribution in [2.45, 2.75) is 39.4 Å². The van der Waals surface area contributed by atoms with Gasteiger partial charge in [-0.25, -0.2) is 0 Å². The molecule has 0 bridgehead atoms. The molecule has 2 heterocycles. The summed E-state index contributed by atoms with van der Waals surface area (Å²) >= 11 is 1.38. The molecule has 1 aromatic carbocycles. The lowest BCUT2D eigenvalue weighted by atomic mass is 10.1. The Morgan fingerprint density at radius 3 is 2.78 bits per heavy atom. The lowest BCUT2D eigenvalue weighted by molar-refractivity contribution is -0.113. The zero-order valence-corrected chi connectivity index (χ0v) is 16.8. The number of benzene rings is 1.